The maximum absolute atomic E-state index is 12.6. The quantitative estimate of drug-likeness (QED) is 0.745. The zero-order chi connectivity index (χ0) is 15.0. The van der Waals surface area contributed by atoms with Crippen LogP contribution in [0.4, 0.5) is 0 Å². The molecule has 0 fully saturated rings. The Labute approximate surface area is 130 Å². The van der Waals surface area contributed by atoms with E-state index in [4.69, 9.17) is 0 Å². The van der Waals surface area contributed by atoms with E-state index in [1.54, 1.807) is 18.2 Å². The number of phenolic OH excluding ortho intramolecular Hbond substituents is 1. The van der Waals surface area contributed by atoms with Crippen molar-refractivity contribution in [3.63, 3.8) is 0 Å². The number of benzene rings is 3. The van der Waals surface area contributed by atoms with Gasteiger partial charge in [-0.05, 0) is 59.3 Å². The molecule has 0 aliphatic carbocycles. The Hall–Kier alpha value is -1.85. The Morgan fingerprint density at radius 1 is 0.762 bits per heavy atom. The summed E-state index contributed by atoms with van der Waals surface area (Å²) >= 11 is 3.39. The SMILES string of the molecule is O=S(=O)(c1ccc(O)cc1)c1ccc2cc(Br)ccc2c1. The van der Waals surface area contributed by atoms with Gasteiger partial charge in [0.25, 0.3) is 0 Å². The second-order valence-electron chi connectivity index (χ2n) is 4.65. The van der Waals surface area contributed by atoms with E-state index in [0.29, 0.717) is 0 Å². The highest BCUT2D eigenvalue weighted by molar-refractivity contribution is 9.10. The first-order valence-corrected chi connectivity index (χ1v) is 8.48. The van der Waals surface area contributed by atoms with Crippen molar-refractivity contribution >= 4 is 36.5 Å². The predicted octanol–water partition coefficient (Wildman–Crippen LogP) is 4.14. The van der Waals surface area contributed by atoms with Crippen LogP contribution in [-0.2, 0) is 9.84 Å². The molecule has 0 saturated carbocycles. The third-order valence-corrected chi connectivity index (χ3v) is 5.49. The summed E-state index contributed by atoms with van der Waals surface area (Å²) in [6, 6.07) is 16.2. The van der Waals surface area contributed by atoms with E-state index in [0.717, 1.165) is 15.2 Å². The summed E-state index contributed by atoms with van der Waals surface area (Å²) in [4.78, 5) is 0.403. The molecule has 0 aliphatic heterocycles. The number of aromatic hydroxyl groups is 1. The molecule has 0 radical (unpaired) electrons. The van der Waals surface area contributed by atoms with Gasteiger partial charge in [-0.3, -0.25) is 0 Å². The van der Waals surface area contributed by atoms with Crippen molar-refractivity contribution in [2.45, 2.75) is 9.79 Å². The third kappa shape index (κ3) is 2.66. The van der Waals surface area contributed by atoms with E-state index in [9.17, 15) is 13.5 Å². The number of hydrogen-bond donors (Lipinski definition) is 1. The van der Waals surface area contributed by atoms with Crippen LogP contribution >= 0.6 is 15.9 Å². The molecule has 1 N–H and O–H groups in total. The molecule has 106 valence electrons. The Kier molecular flexibility index (Phi) is 3.47. The molecule has 3 nitrogen and oxygen atoms in total. The summed E-state index contributed by atoms with van der Waals surface area (Å²) in [5.74, 6) is 0.0392. The van der Waals surface area contributed by atoms with Crippen LogP contribution in [-0.4, -0.2) is 13.5 Å². The topological polar surface area (TPSA) is 54.4 Å². The van der Waals surface area contributed by atoms with Gasteiger partial charge in [-0.2, -0.15) is 0 Å². The minimum atomic E-state index is -3.58. The fourth-order valence-electron chi connectivity index (χ4n) is 2.12. The van der Waals surface area contributed by atoms with Gasteiger partial charge in [0, 0.05) is 4.47 Å². The minimum absolute atomic E-state index is 0.0392. The molecule has 0 aromatic heterocycles. The second-order valence-corrected chi connectivity index (χ2v) is 7.52. The molecule has 0 spiro atoms. The number of fused-ring (bicyclic) bond motifs is 1. The average molecular weight is 363 g/mol. The van der Waals surface area contributed by atoms with Gasteiger partial charge in [0.05, 0.1) is 9.79 Å². The standard InChI is InChI=1S/C16H11BrO3S/c17-13-3-1-12-10-16(6-2-11(12)9-13)21(19,20)15-7-4-14(18)5-8-15/h1-10,18H. The molecule has 0 bridgehead atoms. The lowest BCUT2D eigenvalue weighted by atomic mass is 10.1. The van der Waals surface area contributed by atoms with Crippen molar-refractivity contribution in [1.29, 1.82) is 0 Å². The Morgan fingerprint density at radius 3 is 2.05 bits per heavy atom. The first-order valence-electron chi connectivity index (χ1n) is 6.20. The summed E-state index contributed by atoms with van der Waals surface area (Å²) in [5, 5.41) is 11.1. The molecule has 0 saturated heterocycles. The van der Waals surface area contributed by atoms with E-state index in [-0.39, 0.29) is 15.5 Å². The third-order valence-electron chi connectivity index (χ3n) is 3.23. The largest absolute Gasteiger partial charge is 0.508 e. The summed E-state index contributed by atoms with van der Waals surface area (Å²) < 4.78 is 26.1. The Morgan fingerprint density at radius 2 is 1.33 bits per heavy atom. The number of sulfone groups is 1. The van der Waals surface area contributed by atoms with E-state index >= 15 is 0 Å². The molecular weight excluding hydrogens is 352 g/mol. The van der Waals surface area contributed by atoms with E-state index in [1.165, 1.54) is 24.3 Å². The van der Waals surface area contributed by atoms with Crippen molar-refractivity contribution in [3.05, 3.63) is 65.1 Å². The van der Waals surface area contributed by atoms with Crippen LogP contribution in [0.3, 0.4) is 0 Å². The molecule has 3 rings (SSSR count). The number of phenols is 1. The van der Waals surface area contributed by atoms with E-state index in [1.807, 2.05) is 18.2 Å². The molecular formula is C16H11BrO3S. The van der Waals surface area contributed by atoms with Crippen molar-refractivity contribution in [3.8, 4) is 5.75 Å². The minimum Gasteiger partial charge on any atom is -0.508 e. The molecule has 21 heavy (non-hydrogen) atoms. The summed E-state index contributed by atoms with van der Waals surface area (Å²) in [6.07, 6.45) is 0. The first-order chi connectivity index (χ1) is 9.96. The maximum Gasteiger partial charge on any atom is 0.206 e. The molecule has 0 unspecified atom stereocenters. The van der Waals surface area contributed by atoms with Gasteiger partial charge in [0.1, 0.15) is 5.75 Å². The van der Waals surface area contributed by atoms with Crippen molar-refractivity contribution in [1.82, 2.24) is 0 Å². The molecule has 3 aromatic carbocycles. The van der Waals surface area contributed by atoms with Gasteiger partial charge in [-0.1, -0.05) is 28.1 Å². The lowest BCUT2D eigenvalue weighted by molar-refractivity contribution is 0.475. The highest BCUT2D eigenvalue weighted by atomic mass is 79.9. The van der Waals surface area contributed by atoms with E-state index < -0.39 is 9.84 Å². The van der Waals surface area contributed by atoms with Crippen molar-refractivity contribution < 1.29 is 13.5 Å². The van der Waals surface area contributed by atoms with Crippen LogP contribution in [0.15, 0.2) is 74.9 Å². The number of hydrogen-bond acceptors (Lipinski definition) is 3. The first kappa shape index (κ1) is 14.1. The molecule has 0 aliphatic rings. The number of rotatable bonds is 2. The summed E-state index contributed by atoms with van der Waals surface area (Å²) in [6.45, 7) is 0. The van der Waals surface area contributed by atoms with Crippen LogP contribution in [0.2, 0.25) is 0 Å². The fraction of sp³-hybridized carbons (Fsp3) is 0. The highest BCUT2D eigenvalue weighted by Gasteiger charge is 2.17. The Bertz CT molecular complexity index is 916. The van der Waals surface area contributed by atoms with Gasteiger partial charge >= 0.3 is 0 Å². The average Bonchev–Trinajstić information content (AvgIpc) is 2.47. The summed E-state index contributed by atoms with van der Waals surface area (Å²) in [7, 11) is -3.58. The van der Waals surface area contributed by atoms with Crippen molar-refractivity contribution in [2.75, 3.05) is 0 Å². The zero-order valence-corrected chi connectivity index (χ0v) is 13.2. The second kappa shape index (κ2) is 5.16. The van der Waals surface area contributed by atoms with E-state index in [2.05, 4.69) is 15.9 Å². The molecule has 0 amide bonds. The summed E-state index contributed by atoms with van der Waals surface area (Å²) in [5.41, 5.74) is 0. The fourth-order valence-corrected chi connectivity index (χ4v) is 3.80. The molecule has 3 aromatic rings. The molecule has 0 heterocycles. The van der Waals surface area contributed by atoms with Crippen LogP contribution in [0.25, 0.3) is 10.8 Å². The van der Waals surface area contributed by atoms with Crippen molar-refractivity contribution in [2.24, 2.45) is 0 Å². The van der Waals surface area contributed by atoms with Gasteiger partial charge in [0.15, 0.2) is 0 Å². The zero-order valence-electron chi connectivity index (χ0n) is 10.8. The van der Waals surface area contributed by atoms with Gasteiger partial charge in [0.2, 0.25) is 9.84 Å². The molecule has 5 heteroatoms. The normalized spacial score (nSPS) is 11.7. The lowest BCUT2D eigenvalue weighted by Gasteiger charge is -2.06. The van der Waals surface area contributed by atoms with Crippen LogP contribution in [0.5, 0.6) is 5.75 Å². The van der Waals surface area contributed by atoms with Crippen LogP contribution < -0.4 is 0 Å². The smallest absolute Gasteiger partial charge is 0.206 e. The maximum atomic E-state index is 12.6. The van der Waals surface area contributed by atoms with Crippen LogP contribution in [0, 0.1) is 0 Å². The van der Waals surface area contributed by atoms with Gasteiger partial charge < -0.3 is 5.11 Å². The predicted molar refractivity (Wildman–Crippen MR) is 85.2 cm³/mol. The van der Waals surface area contributed by atoms with Gasteiger partial charge in [-0.15, -0.1) is 0 Å². The Balaban J connectivity index is 2.14. The number of halogens is 1. The highest BCUT2D eigenvalue weighted by Crippen LogP contribution is 2.27. The monoisotopic (exact) mass is 362 g/mol. The lowest BCUT2D eigenvalue weighted by Crippen LogP contribution is -2.01. The molecule has 0 atom stereocenters. The van der Waals surface area contributed by atoms with Crippen LogP contribution in [0.1, 0.15) is 0 Å². The van der Waals surface area contributed by atoms with Gasteiger partial charge in [-0.25, -0.2) is 8.42 Å².